The smallest absolute Gasteiger partial charge is 0.244 e. The molecule has 1 aromatic heterocycles. The number of methoxy groups -OCH3 is 1. The number of fused-ring (bicyclic) bond motifs is 1. The molecule has 0 aliphatic heterocycles. The molecule has 0 saturated carbocycles. The summed E-state index contributed by atoms with van der Waals surface area (Å²) in [7, 11) is 1.53. The van der Waals surface area contributed by atoms with Gasteiger partial charge in [0.25, 0.3) is 0 Å². The summed E-state index contributed by atoms with van der Waals surface area (Å²) in [6, 6.07) is 12.8. The summed E-state index contributed by atoms with van der Waals surface area (Å²) in [5.74, 6) is 0.981. The lowest BCUT2D eigenvalue weighted by atomic mass is 10.2. The Kier molecular flexibility index (Phi) is 5.40. The molecule has 0 bridgehead atoms. The van der Waals surface area contributed by atoms with E-state index in [0.717, 1.165) is 23.3 Å². The van der Waals surface area contributed by atoms with Crippen molar-refractivity contribution in [3.63, 3.8) is 0 Å². The fraction of sp³-hybridized carbons (Fsp3) is 0.250. The molecule has 0 atom stereocenters. The number of aromatic nitrogens is 2. The van der Waals surface area contributed by atoms with Crippen molar-refractivity contribution in [2.75, 3.05) is 17.7 Å². The Balaban J connectivity index is 1.85. The first-order valence-electron chi connectivity index (χ1n) is 8.71. The van der Waals surface area contributed by atoms with Crippen LogP contribution >= 0.6 is 0 Å². The van der Waals surface area contributed by atoms with Gasteiger partial charge in [-0.3, -0.25) is 9.59 Å². The van der Waals surface area contributed by atoms with E-state index < -0.39 is 0 Å². The molecule has 0 fully saturated rings. The molecule has 3 rings (SSSR count). The van der Waals surface area contributed by atoms with Crippen LogP contribution < -0.4 is 15.4 Å². The zero-order valence-electron chi connectivity index (χ0n) is 15.6. The SMILES string of the molecule is CCc1nc2ccccc2n1CC(=O)Nc1cc(NC(C)=O)ccc1OC. The second kappa shape index (κ2) is 7.90. The van der Waals surface area contributed by atoms with Crippen LogP contribution in [0.5, 0.6) is 5.75 Å². The first-order valence-corrected chi connectivity index (χ1v) is 8.71. The van der Waals surface area contributed by atoms with Crippen LogP contribution in [0.25, 0.3) is 11.0 Å². The van der Waals surface area contributed by atoms with Gasteiger partial charge in [0.1, 0.15) is 18.1 Å². The monoisotopic (exact) mass is 366 g/mol. The van der Waals surface area contributed by atoms with Crippen molar-refractivity contribution in [1.82, 2.24) is 9.55 Å². The predicted molar refractivity (Wildman–Crippen MR) is 105 cm³/mol. The number of carbonyl (C=O) groups is 2. The molecule has 2 amide bonds. The number of benzene rings is 2. The highest BCUT2D eigenvalue weighted by molar-refractivity contribution is 5.95. The van der Waals surface area contributed by atoms with E-state index in [2.05, 4.69) is 15.6 Å². The molecular weight excluding hydrogens is 344 g/mol. The minimum Gasteiger partial charge on any atom is -0.495 e. The number of carbonyl (C=O) groups excluding carboxylic acids is 2. The molecule has 2 aromatic carbocycles. The van der Waals surface area contributed by atoms with Crippen molar-refractivity contribution >= 4 is 34.2 Å². The van der Waals surface area contributed by atoms with E-state index in [1.165, 1.54) is 14.0 Å². The quantitative estimate of drug-likeness (QED) is 0.701. The summed E-state index contributed by atoms with van der Waals surface area (Å²) in [6.07, 6.45) is 0.725. The summed E-state index contributed by atoms with van der Waals surface area (Å²) >= 11 is 0. The summed E-state index contributed by atoms with van der Waals surface area (Å²) in [6.45, 7) is 3.58. The Morgan fingerprint density at radius 2 is 1.93 bits per heavy atom. The van der Waals surface area contributed by atoms with Gasteiger partial charge in [0.05, 0.1) is 23.8 Å². The predicted octanol–water partition coefficient (Wildman–Crippen LogP) is 3.20. The average molecular weight is 366 g/mol. The standard InChI is InChI=1S/C20H22N4O3/c1-4-19-22-15-7-5-6-8-17(15)24(19)12-20(26)23-16-11-14(21-13(2)25)9-10-18(16)27-3/h5-11H,4,12H2,1-3H3,(H,21,25)(H,23,26). The summed E-state index contributed by atoms with van der Waals surface area (Å²) < 4.78 is 7.22. The minimum atomic E-state index is -0.203. The van der Waals surface area contributed by atoms with Gasteiger partial charge in [0.15, 0.2) is 0 Å². The zero-order chi connectivity index (χ0) is 19.4. The van der Waals surface area contributed by atoms with Crippen molar-refractivity contribution in [3.8, 4) is 5.75 Å². The molecule has 3 aromatic rings. The van der Waals surface area contributed by atoms with Crippen molar-refractivity contribution in [3.05, 3.63) is 48.3 Å². The fourth-order valence-electron chi connectivity index (χ4n) is 2.99. The van der Waals surface area contributed by atoms with Crippen LogP contribution in [0.3, 0.4) is 0 Å². The van der Waals surface area contributed by atoms with Gasteiger partial charge in [-0.15, -0.1) is 0 Å². The topological polar surface area (TPSA) is 85.3 Å². The number of para-hydroxylation sites is 2. The van der Waals surface area contributed by atoms with E-state index in [9.17, 15) is 9.59 Å². The number of aryl methyl sites for hydroxylation is 1. The molecule has 0 unspecified atom stereocenters. The lowest BCUT2D eigenvalue weighted by molar-refractivity contribution is -0.117. The molecule has 0 radical (unpaired) electrons. The van der Waals surface area contributed by atoms with E-state index >= 15 is 0 Å². The Morgan fingerprint density at radius 1 is 1.15 bits per heavy atom. The highest BCUT2D eigenvalue weighted by Crippen LogP contribution is 2.28. The van der Waals surface area contributed by atoms with E-state index in [4.69, 9.17) is 4.74 Å². The Hall–Kier alpha value is -3.35. The molecule has 0 spiro atoms. The van der Waals surface area contributed by atoms with Crippen molar-refractivity contribution in [2.24, 2.45) is 0 Å². The number of ether oxygens (including phenoxy) is 1. The number of nitrogens with zero attached hydrogens (tertiary/aromatic N) is 2. The van der Waals surface area contributed by atoms with Crippen molar-refractivity contribution < 1.29 is 14.3 Å². The highest BCUT2D eigenvalue weighted by atomic mass is 16.5. The van der Waals surface area contributed by atoms with Gasteiger partial charge in [-0.2, -0.15) is 0 Å². The van der Waals surface area contributed by atoms with Gasteiger partial charge < -0.3 is 19.9 Å². The van der Waals surface area contributed by atoms with Crippen LogP contribution in [0.4, 0.5) is 11.4 Å². The van der Waals surface area contributed by atoms with Crippen LogP contribution in [-0.2, 0) is 22.6 Å². The van der Waals surface area contributed by atoms with Crippen molar-refractivity contribution in [1.29, 1.82) is 0 Å². The molecule has 0 aliphatic carbocycles. The Labute approximate surface area is 157 Å². The molecule has 2 N–H and O–H groups in total. The van der Waals surface area contributed by atoms with Gasteiger partial charge in [0, 0.05) is 19.0 Å². The molecule has 27 heavy (non-hydrogen) atoms. The third-order valence-electron chi connectivity index (χ3n) is 4.15. The maximum absolute atomic E-state index is 12.7. The maximum Gasteiger partial charge on any atom is 0.244 e. The molecule has 140 valence electrons. The van der Waals surface area contributed by atoms with Crippen LogP contribution in [0.15, 0.2) is 42.5 Å². The largest absolute Gasteiger partial charge is 0.495 e. The fourth-order valence-corrected chi connectivity index (χ4v) is 2.99. The number of hydrogen-bond acceptors (Lipinski definition) is 4. The van der Waals surface area contributed by atoms with Crippen LogP contribution in [0.2, 0.25) is 0 Å². The third kappa shape index (κ3) is 4.08. The molecule has 1 heterocycles. The van der Waals surface area contributed by atoms with Gasteiger partial charge in [-0.1, -0.05) is 19.1 Å². The van der Waals surface area contributed by atoms with E-state index in [0.29, 0.717) is 17.1 Å². The Bertz CT molecular complexity index is 994. The molecule has 0 aliphatic rings. The lowest BCUT2D eigenvalue weighted by Crippen LogP contribution is -2.20. The van der Waals surface area contributed by atoms with Gasteiger partial charge in [-0.05, 0) is 30.3 Å². The summed E-state index contributed by atoms with van der Waals surface area (Å²) in [5.41, 5.74) is 2.87. The second-order valence-corrected chi connectivity index (χ2v) is 6.10. The number of nitrogens with one attached hydrogen (secondary N) is 2. The number of anilines is 2. The van der Waals surface area contributed by atoms with Crippen LogP contribution in [0, 0.1) is 0 Å². The van der Waals surface area contributed by atoms with Crippen molar-refractivity contribution in [2.45, 2.75) is 26.8 Å². The highest BCUT2D eigenvalue weighted by Gasteiger charge is 2.14. The van der Waals surface area contributed by atoms with Gasteiger partial charge in [-0.25, -0.2) is 4.98 Å². The van der Waals surface area contributed by atoms with Gasteiger partial charge in [0.2, 0.25) is 11.8 Å². The molecule has 7 heteroatoms. The lowest BCUT2D eigenvalue weighted by Gasteiger charge is -2.13. The molecular formula is C20H22N4O3. The Morgan fingerprint density at radius 3 is 2.63 bits per heavy atom. The summed E-state index contributed by atoms with van der Waals surface area (Å²) in [5, 5.41) is 5.56. The molecule has 0 saturated heterocycles. The number of imidazole rings is 1. The van der Waals surface area contributed by atoms with E-state index in [1.807, 2.05) is 35.8 Å². The number of hydrogen-bond donors (Lipinski definition) is 2. The average Bonchev–Trinajstić information content (AvgIpc) is 2.99. The maximum atomic E-state index is 12.7. The van der Waals surface area contributed by atoms with Gasteiger partial charge >= 0.3 is 0 Å². The van der Waals surface area contributed by atoms with E-state index in [-0.39, 0.29) is 18.4 Å². The molecule has 7 nitrogen and oxygen atoms in total. The van der Waals surface area contributed by atoms with Crippen LogP contribution in [0.1, 0.15) is 19.7 Å². The first kappa shape index (κ1) is 18.4. The van der Waals surface area contributed by atoms with E-state index in [1.54, 1.807) is 18.2 Å². The normalized spacial score (nSPS) is 10.6. The zero-order valence-corrected chi connectivity index (χ0v) is 15.6. The first-order chi connectivity index (χ1) is 13.0. The van der Waals surface area contributed by atoms with Crippen LogP contribution in [-0.4, -0.2) is 28.5 Å². The number of amides is 2. The number of rotatable bonds is 6. The minimum absolute atomic E-state index is 0.136. The third-order valence-corrected chi connectivity index (χ3v) is 4.15. The summed E-state index contributed by atoms with van der Waals surface area (Å²) in [4.78, 5) is 28.5. The second-order valence-electron chi connectivity index (χ2n) is 6.10.